The molecule has 0 atom stereocenters. The number of benzene rings is 3. The van der Waals surface area contributed by atoms with Crippen molar-refractivity contribution >= 4 is 11.6 Å². The molecule has 3 aromatic carbocycles. The largest absolute Gasteiger partial charge is 0.334 e. The van der Waals surface area contributed by atoms with Gasteiger partial charge in [-0.05, 0) is 41.8 Å². The Morgan fingerprint density at radius 1 is 0.897 bits per heavy atom. The third-order valence-electron chi connectivity index (χ3n) is 4.70. The van der Waals surface area contributed by atoms with Gasteiger partial charge in [0.15, 0.2) is 5.82 Å². The van der Waals surface area contributed by atoms with Gasteiger partial charge in [-0.3, -0.25) is 4.79 Å². The molecule has 1 N–H and O–H groups in total. The topological polar surface area (TPSA) is 68.0 Å². The van der Waals surface area contributed by atoms with Gasteiger partial charge in [-0.15, -0.1) is 0 Å². The van der Waals surface area contributed by atoms with Crippen molar-refractivity contribution in [1.29, 1.82) is 0 Å². The van der Waals surface area contributed by atoms with E-state index in [4.69, 9.17) is 4.52 Å². The monoisotopic (exact) mass is 383 g/mol. The van der Waals surface area contributed by atoms with Gasteiger partial charge in [-0.25, -0.2) is 0 Å². The predicted molar refractivity (Wildman–Crippen MR) is 113 cm³/mol. The summed E-state index contributed by atoms with van der Waals surface area (Å²) in [6.07, 6.45) is 1.52. The fourth-order valence-electron chi connectivity index (χ4n) is 3.08. The van der Waals surface area contributed by atoms with Crippen LogP contribution in [0.5, 0.6) is 0 Å². The summed E-state index contributed by atoms with van der Waals surface area (Å²) in [7, 11) is 0. The molecular weight excluding hydrogens is 362 g/mol. The molecule has 0 aliphatic rings. The maximum atomic E-state index is 12.7. The average molecular weight is 383 g/mol. The molecule has 0 saturated carbocycles. The lowest BCUT2D eigenvalue weighted by atomic mass is 10.1. The van der Waals surface area contributed by atoms with Crippen LogP contribution in [-0.4, -0.2) is 16.0 Å². The summed E-state index contributed by atoms with van der Waals surface area (Å²) >= 11 is 0. The van der Waals surface area contributed by atoms with Crippen LogP contribution in [0.15, 0.2) is 83.4 Å². The number of carbonyl (C=O) groups excluding carboxylic acids is 1. The van der Waals surface area contributed by atoms with Gasteiger partial charge in [0.2, 0.25) is 0 Å². The van der Waals surface area contributed by atoms with E-state index in [9.17, 15) is 4.79 Å². The van der Waals surface area contributed by atoms with E-state index < -0.39 is 0 Å². The predicted octanol–water partition coefficient (Wildman–Crippen LogP) is 5.14. The zero-order valence-corrected chi connectivity index (χ0v) is 16.1. The van der Waals surface area contributed by atoms with Gasteiger partial charge in [0.1, 0.15) is 0 Å². The maximum Gasteiger partial charge on any atom is 0.260 e. The van der Waals surface area contributed by atoms with Crippen molar-refractivity contribution in [3.8, 4) is 11.5 Å². The van der Waals surface area contributed by atoms with Crippen molar-refractivity contribution in [2.24, 2.45) is 0 Å². The van der Waals surface area contributed by atoms with Crippen LogP contribution in [0.2, 0.25) is 0 Å². The van der Waals surface area contributed by atoms with Gasteiger partial charge in [0, 0.05) is 12.0 Å². The van der Waals surface area contributed by atoms with Gasteiger partial charge in [0.05, 0.1) is 11.3 Å². The first kappa shape index (κ1) is 18.6. The molecule has 5 heteroatoms. The fraction of sp³-hybridized carbons (Fsp3) is 0.125. The zero-order chi connectivity index (χ0) is 20.1. The van der Waals surface area contributed by atoms with Gasteiger partial charge in [-0.1, -0.05) is 66.7 Å². The van der Waals surface area contributed by atoms with Crippen LogP contribution in [-0.2, 0) is 12.8 Å². The number of carbonyl (C=O) groups is 1. The van der Waals surface area contributed by atoms with Crippen LogP contribution in [0.4, 0.5) is 5.69 Å². The Balaban J connectivity index is 1.54. The van der Waals surface area contributed by atoms with Crippen LogP contribution >= 0.6 is 0 Å². The molecule has 0 spiro atoms. The van der Waals surface area contributed by atoms with Gasteiger partial charge in [0.25, 0.3) is 11.8 Å². The highest BCUT2D eigenvalue weighted by molar-refractivity contribution is 6.06. The van der Waals surface area contributed by atoms with Crippen LogP contribution in [0.25, 0.3) is 11.5 Å². The summed E-state index contributed by atoms with van der Waals surface area (Å²) < 4.78 is 5.47. The van der Waals surface area contributed by atoms with Crippen molar-refractivity contribution in [3.05, 3.63) is 101 Å². The number of para-hydroxylation sites is 1. The van der Waals surface area contributed by atoms with E-state index in [0.29, 0.717) is 35.0 Å². The van der Waals surface area contributed by atoms with E-state index in [1.807, 2.05) is 78.9 Å². The summed E-state index contributed by atoms with van der Waals surface area (Å²) in [5.74, 6) is 0.805. The second-order valence-corrected chi connectivity index (χ2v) is 6.73. The highest BCUT2D eigenvalue weighted by atomic mass is 16.5. The van der Waals surface area contributed by atoms with E-state index in [-0.39, 0.29) is 5.91 Å². The van der Waals surface area contributed by atoms with Crippen molar-refractivity contribution in [1.82, 2.24) is 10.1 Å². The first-order chi connectivity index (χ1) is 14.2. The highest BCUT2D eigenvalue weighted by Crippen LogP contribution is 2.27. The molecular formula is C24H21N3O2. The van der Waals surface area contributed by atoms with E-state index in [1.165, 1.54) is 5.56 Å². The molecule has 1 aromatic heterocycles. The second-order valence-electron chi connectivity index (χ2n) is 6.73. The van der Waals surface area contributed by atoms with E-state index in [2.05, 4.69) is 22.4 Å². The lowest BCUT2D eigenvalue weighted by Crippen LogP contribution is -2.12. The molecule has 1 heterocycles. The fourth-order valence-corrected chi connectivity index (χ4v) is 3.08. The Morgan fingerprint density at radius 2 is 1.62 bits per heavy atom. The first-order valence-corrected chi connectivity index (χ1v) is 9.59. The van der Waals surface area contributed by atoms with Crippen molar-refractivity contribution in [3.63, 3.8) is 0 Å². The number of aromatic nitrogens is 2. The zero-order valence-electron chi connectivity index (χ0n) is 16.1. The molecule has 0 aliphatic carbocycles. The number of rotatable bonds is 6. The third kappa shape index (κ3) is 4.41. The minimum absolute atomic E-state index is 0.177. The molecule has 0 saturated heterocycles. The van der Waals surface area contributed by atoms with E-state index in [1.54, 1.807) is 0 Å². The van der Waals surface area contributed by atoms with Crippen LogP contribution in [0, 0.1) is 0 Å². The number of nitrogens with zero attached hydrogens (tertiary/aromatic N) is 2. The van der Waals surface area contributed by atoms with E-state index in [0.717, 1.165) is 12.0 Å². The molecule has 5 nitrogen and oxygen atoms in total. The Bertz CT molecular complexity index is 1100. The third-order valence-corrected chi connectivity index (χ3v) is 4.70. The second kappa shape index (κ2) is 8.52. The molecule has 0 bridgehead atoms. The molecule has 0 fully saturated rings. The quantitative estimate of drug-likeness (QED) is 0.500. The smallest absolute Gasteiger partial charge is 0.260 e. The molecule has 29 heavy (non-hydrogen) atoms. The normalized spacial score (nSPS) is 10.7. The molecule has 0 unspecified atom stereocenters. The van der Waals surface area contributed by atoms with Crippen LogP contribution in [0.1, 0.15) is 34.2 Å². The standard InChI is InChI=1S/C24H21N3O2/c1-2-17-12-14-19(15-13-17)23(28)25-21-11-7-6-10-20(21)24-26-22(27-29-24)16-18-8-4-3-5-9-18/h3-15H,2,16H2,1H3,(H,25,28). The minimum atomic E-state index is -0.177. The number of aryl methyl sites for hydroxylation is 1. The number of anilines is 1. The van der Waals surface area contributed by atoms with Crippen molar-refractivity contribution in [2.75, 3.05) is 5.32 Å². The number of amides is 1. The molecule has 0 aliphatic heterocycles. The van der Waals surface area contributed by atoms with Crippen LogP contribution < -0.4 is 5.32 Å². The number of hydrogen-bond donors (Lipinski definition) is 1. The average Bonchev–Trinajstić information content (AvgIpc) is 3.23. The van der Waals surface area contributed by atoms with E-state index >= 15 is 0 Å². The molecule has 4 rings (SSSR count). The Labute approximate surface area is 169 Å². The first-order valence-electron chi connectivity index (χ1n) is 9.59. The summed E-state index contributed by atoms with van der Waals surface area (Å²) in [6, 6.07) is 25.0. The SMILES string of the molecule is CCc1ccc(C(=O)Nc2ccccc2-c2nc(Cc3ccccc3)no2)cc1. The Hall–Kier alpha value is -3.73. The summed E-state index contributed by atoms with van der Waals surface area (Å²) in [5.41, 5.74) is 4.23. The van der Waals surface area contributed by atoms with Crippen molar-refractivity contribution < 1.29 is 9.32 Å². The molecule has 0 radical (unpaired) electrons. The minimum Gasteiger partial charge on any atom is -0.334 e. The summed E-state index contributed by atoms with van der Waals surface area (Å²) in [4.78, 5) is 17.2. The molecule has 4 aromatic rings. The lowest BCUT2D eigenvalue weighted by molar-refractivity contribution is 0.102. The highest BCUT2D eigenvalue weighted by Gasteiger charge is 2.15. The Kier molecular flexibility index (Phi) is 5.47. The number of hydrogen-bond acceptors (Lipinski definition) is 4. The lowest BCUT2D eigenvalue weighted by Gasteiger charge is -2.09. The van der Waals surface area contributed by atoms with Gasteiger partial charge in [-0.2, -0.15) is 4.98 Å². The van der Waals surface area contributed by atoms with Crippen molar-refractivity contribution in [2.45, 2.75) is 19.8 Å². The molecule has 1 amide bonds. The summed E-state index contributed by atoms with van der Waals surface area (Å²) in [5, 5.41) is 7.04. The van der Waals surface area contributed by atoms with Gasteiger partial charge < -0.3 is 9.84 Å². The maximum absolute atomic E-state index is 12.7. The van der Waals surface area contributed by atoms with Gasteiger partial charge >= 0.3 is 0 Å². The van der Waals surface area contributed by atoms with Crippen LogP contribution in [0.3, 0.4) is 0 Å². The Morgan fingerprint density at radius 3 is 2.38 bits per heavy atom. The number of nitrogens with one attached hydrogen (secondary N) is 1. The summed E-state index contributed by atoms with van der Waals surface area (Å²) in [6.45, 7) is 2.09. The molecule has 144 valence electrons.